The zero-order valence-corrected chi connectivity index (χ0v) is 18.2. The van der Waals surface area contributed by atoms with E-state index >= 15 is 0 Å². The predicted octanol–water partition coefficient (Wildman–Crippen LogP) is 5.76. The summed E-state index contributed by atoms with van der Waals surface area (Å²) in [6.45, 7) is 0.798. The lowest BCUT2D eigenvalue weighted by Gasteiger charge is -2.24. The lowest BCUT2D eigenvalue weighted by molar-refractivity contribution is 0.0753. The Kier molecular flexibility index (Phi) is 4.75. The monoisotopic (exact) mass is 436 g/mol. The Morgan fingerprint density at radius 3 is 2.33 bits per heavy atom. The van der Waals surface area contributed by atoms with E-state index in [1.54, 1.807) is 11.1 Å². The van der Waals surface area contributed by atoms with E-state index in [0.717, 1.165) is 17.3 Å². The summed E-state index contributed by atoms with van der Waals surface area (Å²) < 4.78 is 5.84. The molecule has 33 heavy (non-hydrogen) atoms. The van der Waals surface area contributed by atoms with Crippen molar-refractivity contribution >= 4 is 22.8 Å². The standard InChI is InChI=1S/C28H24N2O3/c31-27(23-16-29-25-13-6-5-12-22(23)25)26-14-7-15-30(26)28(32)33-17-24-20-10-3-1-8-18(20)19-9-2-4-11-21(19)24/h1-6,8-13,16,24,26,29H,7,14-15,17H2. The molecular formula is C28H24N2O3. The van der Waals surface area contributed by atoms with Gasteiger partial charge in [0.2, 0.25) is 0 Å². The van der Waals surface area contributed by atoms with E-state index < -0.39 is 12.1 Å². The third-order valence-electron chi connectivity index (χ3n) is 6.98. The van der Waals surface area contributed by atoms with Gasteiger partial charge in [0, 0.05) is 35.1 Å². The fraction of sp³-hybridized carbons (Fsp3) is 0.214. The smallest absolute Gasteiger partial charge is 0.410 e. The zero-order chi connectivity index (χ0) is 22.4. The average Bonchev–Trinajstić information content (AvgIpc) is 3.58. The van der Waals surface area contributed by atoms with Crippen LogP contribution in [0, 0.1) is 0 Å². The Bertz CT molecular complexity index is 1330. The van der Waals surface area contributed by atoms with Gasteiger partial charge in [-0.3, -0.25) is 9.69 Å². The van der Waals surface area contributed by atoms with Crippen molar-refractivity contribution in [3.8, 4) is 11.1 Å². The van der Waals surface area contributed by atoms with Gasteiger partial charge in [-0.1, -0.05) is 66.7 Å². The fourth-order valence-corrected chi connectivity index (χ4v) is 5.39. The highest BCUT2D eigenvalue weighted by molar-refractivity contribution is 6.11. The molecule has 0 spiro atoms. The van der Waals surface area contributed by atoms with Crippen molar-refractivity contribution in [3.63, 3.8) is 0 Å². The van der Waals surface area contributed by atoms with Gasteiger partial charge in [-0.2, -0.15) is 0 Å². The number of H-pyrrole nitrogens is 1. The molecule has 1 unspecified atom stereocenters. The number of rotatable bonds is 4. The summed E-state index contributed by atoms with van der Waals surface area (Å²) in [7, 11) is 0. The van der Waals surface area contributed by atoms with E-state index in [9.17, 15) is 9.59 Å². The Balaban J connectivity index is 1.21. The van der Waals surface area contributed by atoms with E-state index in [4.69, 9.17) is 4.74 Å². The second kappa shape index (κ2) is 7.93. The first kappa shape index (κ1) is 19.8. The SMILES string of the molecule is O=C(c1c[nH]c2ccccc12)C1CCCN1C(=O)OCC1c2ccccc2-c2ccccc21. The van der Waals surface area contributed by atoms with Crippen molar-refractivity contribution in [1.29, 1.82) is 0 Å². The van der Waals surface area contributed by atoms with E-state index in [2.05, 4.69) is 29.2 Å². The summed E-state index contributed by atoms with van der Waals surface area (Å²) in [5.74, 6) is -0.0230. The van der Waals surface area contributed by atoms with Gasteiger partial charge in [-0.05, 0) is 41.2 Å². The first-order valence-electron chi connectivity index (χ1n) is 11.4. The van der Waals surface area contributed by atoms with Crippen molar-refractivity contribution in [2.24, 2.45) is 0 Å². The highest BCUT2D eigenvalue weighted by Crippen LogP contribution is 2.44. The lowest BCUT2D eigenvalue weighted by atomic mass is 9.98. The first-order chi connectivity index (χ1) is 16.2. The maximum atomic E-state index is 13.4. The Morgan fingerprint density at radius 2 is 1.58 bits per heavy atom. The van der Waals surface area contributed by atoms with Gasteiger partial charge in [-0.25, -0.2) is 4.79 Å². The van der Waals surface area contributed by atoms with Crippen LogP contribution in [-0.2, 0) is 4.74 Å². The molecule has 1 saturated heterocycles. The molecule has 1 N–H and O–H groups in total. The highest BCUT2D eigenvalue weighted by Gasteiger charge is 2.37. The number of para-hydroxylation sites is 1. The van der Waals surface area contributed by atoms with Crippen molar-refractivity contribution in [1.82, 2.24) is 9.88 Å². The number of amides is 1. The molecule has 1 aliphatic carbocycles. The van der Waals surface area contributed by atoms with Gasteiger partial charge in [-0.15, -0.1) is 0 Å². The van der Waals surface area contributed by atoms with Crippen LogP contribution in [0.3, 0.4) is 0 Å². The number of nitrogens with zero attached hydrogens (tertiary/aromatic N) is 1. The molecule has 1 atom stereocenters. The van der Waals surface area contributed by atoms with Crippen molar-refractivity contribution in [2.75, 3.05) is 13.2 Å². The molecule has 5 heteroatoms. The maximum Gasteiger partial charge on any atom is 0.410 e. The van der Waals surface area contributed by atoms with Crippen LogP contribution in [0.25, 0.3) is 22.0 Å². The van der Waals surface area contributed by atoms with Gasteiger partial charge in [0.15, 0.2) is 5.78 Å². The molecule has 0 saturated carbocycles. The van der Waals surface area contributed by atoms with Crippen LogP contribution in [0.5, 0.6) is 0 Å². The molecule has 2 aliphatic rings. The normalized spacial score (nSPS) is 17.2. The number of Topliss-reactive ketones (excluding diaryl/α,β-unsaturated/α-hetero) is 1. The number of aromatic nitrogens is 1. The molecule has 4 aromatic rings. The van der Waals surface area contributed by atoms with E-state index in [1.807, 2.05) is 48.5 Å². The van der Waals surface area contributed by atoms with Crippen molar-refractivity contribution < 1.29 is 14.3 Å². The second-order valence-corrected chi connectivity index (χ2v) is 8.77. The summed E-state index contributed by atoms with van der Waals surface area (Å²) >= 11 is 0. The summed E-state index contributed by atoms with van der Waals surface area (Å²) in [5, 5.41) is 0.891. The Hall–Kier alpha value is -3.86. The molecule has 2 heterocycles. The highest BCUT2D eigenvalue weighted by atomic mass is 16.6. The number of nitrogens with one attached hydrogen (secondary N) is 1. The number of hydrogen-bond donors (Lipinski definition) is 1. The Morgan fingerprint density at radius 1 is 0.909 bits per heavy atom. The van der Waals surface area contributed by atoms with Crippen LogP contribution in [0.1, 0.15) is 40.2 Å². The van der Waals surface area contributed by atoms with E-state index in [0.29, 0.717) is 18.5 Å². The lowest BCUT2D eigenvalue weighted by Crippen LogP contribution is -2.41. The number of carbonyl (C=O) groups is 2. The van der Waals surface area contributed by atoms with Crippen LogP contribution in [0.2, 0.25) is 0 Å². The average molecular weight is 437 g/mol. The largest absolute Gasteiger partial charge is 0.448 e. The molecule has 1 fully saturated rings. The molecule has 6 rings (SSSR count). The Labute approximate surface area is 192 Å². The van der Waals surface area contributed by atoms with Gasteiger partial charge < -0.3 is 9.72 Å². The summed E-state index contributed by atoms with van der Waals surface area (Å²) in [5.41, 5.74) is 6.31. The van der Waals surface area contributed by atoms with Crippen LogP contribution in [-0.4, -0.2) is 41.0 Å². The number of ether oxygens (including phenoxy) is 1. The number of benzene rings is 3. The molecule has 164 valence electrons. The van der Waals surface area contributed by atoms with Gasteiger partial charge in [0.25, 0.3) is 0 Å². The minimum absolute atomic E-state index is 0.00622. The van der Waals surface area contributed by atoms with Crippen LogP contribution < -0.4 is 0 Å². The number of hydrogen-bond acceptors (Lipinski definition) is 3. The number of aromatic amines is 1. The fourth-order valence-electron chi connectivity index (χ4n) is 5.39. The molecule has 1 amide bonds. The minimum atomic E-state index is -0.486. The summed E-state index contributed by atoms with van der Waals surface area (Å²) in [4.78, 5) is 31.2. The molecule has 3 aromatic carbocycles. The molecule has 1 aromatic heterocycles. The number of carbonyl (C=O) groups excluding carboxylic acids is 2. The van der Waals surface area contributed by atoms with Gasteiger partial charge >= 0.3 is 6.09 Å². The molecule has 1 aliphatic heterocycles. The topological polar surface area (TPSA) is 62.4 Å². The molecule has 5 nitrogen and oxygen atoms in total. The van der Waals surface area contributed by atoms with Gasteiger partial charge in [0.1, 0.15) is 6.61 Å². The third-order valence-corrected chi connectivity index (χ3v) is 6.98. The minimum Gasteiger partial charge on any atom is -0.448 e. The van der Waals surface area contributed by atoms with Crippen LogP contribution in [0.15, 0.2) is 79.0 Å². The quantitative estimate of drug-likeness (QED) is 0.414. The molecule has 0 radical (unpaired) electrons. The number of likely N-dealkylation sites (tertiary alicyclic amines) is 1. The predicted molar refractivity (Wildman–Crippen MR) is 127 cm³/mol. The second-order valence-electron chi connectivity index (χ2n) is 8.77. The van der Waals surface area contributed by atoms with E-state index in [-0.39, 0.29) is 18.3 Å². The van der Waals surface area contributed by atoms with Crippen LogP contribution in [0.4, 0.5) is 4.79 Å². The summed E-state index contributed by atoms with van der Waals surface area (Å²) in [6, 6.07) is 23.8. The number of fused-ring (bicyclic) bond motifs is 4. The zero-order valence-electron chi connectivity index (χ0n) is 18.2. The maximum absolute atomic E-state index is 13.4. The molecular weight excluding hydrogens is 412 g/mol. The summed E-state index contributed by atoms with van der Waals surface area (Å²) in [6.07, 6.45) is 2.79. The first-order valence-corrected chi connectivity index (χ1v) is 11.4. The van der Waals surface area contributed by atoms with Crippen molar-refractivity contribution in [3.05, 3.63) is 95.7 Å². The molecule has 0 bridgehead atoms. The third kappa shape index (κ3) is 3.23. The number of ketones is 1. The van der Waals surface area contributed by atoms with E-state index in [1.165, 1.54) is 22.3 Å². The van der Waals surface area contributed by atoms with Gasteiger partial charge in [0.05, 0.1) is 6.04 Å². The van der Waals surface area contributed by atoms with Crippen molar-refractivity contribution in [2.45, 2.75) is 24.8 Å². The van der Waals surface area contributed by atoms with Crippen LogP contribution >= 0.6 is 0 Å².